The highest BCUT2D eigenvalue weighted by atomic mass is 79.9. The maximum Gasteiger partial charge on any atom is 0.286 e. The zero-order chi connectivity index (χ0) is 20.2. The molecule has 1 aromatic carbocycles. The molecule has 0 aliphatic heterocycles. The number of halogens is 1. The smallest absolute Gasteiger partial charge is 0.286 e. The summed E-state index contributed by atoms with van der Waals surface area (Å²) in [7, 11) is 0. The summed E-state index contributed by atoms with van der Waals surface area (Å²) >= 11 is 3.45. The van der Waals surface area contributed by atoms with Gasteiger partial charge in [0.25, 0.3) is 5.91 Å². The van der Waals surface area contributed by atoms with Crippen LogP contribution in [0.25, 0.3) is 0 Å². The van der Waals surface area contributed by atoms with Crippen molar-refractivity contribution in [2.75, 3.05) is 6.54 Å². The van der Waals surface area contributed by atoms with Crippen LogP contribution in [0.15, 0.2) is 45.4 Å². The van der Waals surface area contributed by atoms with Crippen molar-refractivity contribution in [2.45, 2.75) is 45.8 Å². The van der Waals surface area contributed by atoms with Crippen LogP contribution >= 0.6 is 15.9 Å². The zero-order valence-corrected chi connectivity index (χ0v) is 18.0. The summed E-state index contributed by atoms with van der Waals surface area (Å²) in [6, 6.07) is 9.72. The van der Waals surface area contributed by atoms with Gasteiger partial charge >= 0.3 is 0 Å². The Balaban J connectivity index is 1.22. The average Bonchev–Trinajstić information content (AvgIpc) is 3.44. The van der Waals surface area contributed by atoms with Crippen molar-refractivity contribution >= 4 is 21.8 Å². The standard InChI is InChI=1S/C22H24BrN3O3/c1-15-20(23)13-26(25-15)11-3-10-24-22(27)21-9-8-19(29-21)14-28-18-7-6-16-4-2-5-17(16)12-18/h6-9,12-13H,2-5,10-11,14H2,1H3,(H,24,27). The minimum absolute atomic E-state index is 0.216. The second-order valence-electron chi connectivity index (χ2n) is 7.27. The molecule has 0 atom stereocenters. The highest BCUT2D eigenvalue weighted by Gasteiger charge is 2.13. The summed E-state index contributed by atoms with van der Waals surface area (Å²) in [5.41, 5.74) is 3.75. The Hall–Kier alpha value is -2.54. The number of rotatable bonds is 8. The molecule has 0 saturated carbocycles. The molecule has 29 heavy (non-hydrogen) atoms. The fourth-order valence-electron chi connectivity index (χ4n) is 3.51. The zero-order valence-electron chi connectivity index (χ0n) is 16.4. The molecular formula is C22H24BrN3O3. The molecular weight excluding hydrogens is 434 g/mol. The van der Waals surface area contributed by atoms with Gasteiger partial charge in [0, 0.05) is 19.3 Å². The molecule has 6 nitrogen and oxygen atoms in total. The van der Waals surface area contributed by atoms with E-state index in [1.165, 1.54) is 17.5 Å². The van der Waals surface area contributed by atoms with Crippen molar-refractivity contribution < 1.29 is 13.9 Å². The van der Waals surface area contributed by atoms with E-state index in [-0.39, 0.29) is 5.91 Å². The minimum atomic E-state index is -0.216. The first-order valence-electron chi connectivity index (χ1n) is 9.89. The third-order valence-electron chi connectivity index (χ3n) is 5.07. The Bertz CT molecular complexity index is 989. The number of fused-ring (bicyclic) bond motifs is 1. The SMILES string of the molecule is Cc1nn(CCCNC(=O)c2ccc(COc3ccc4c(c3)CCC4)o2)cc1Br. The molecule has 3 aromatic rings. The highest BCUT2D eigenvalue weighted by molar-refractivity contribution is 9.10. The summed E-state index contributed by atoms with van der Waals surface area (Å²) in [5, 5.41) is 7.26. The van der Waals surface area contributed by atoms with Crippen LogP contribution in [0.3, 0.4) is 0 Å². The van der Waals surface area contributed by atoms with Crippen molar-refractivity contribution in [3.05, 3.63) is 69.3 Å². The van der Waals surface area contributed by atoms with Crippen molar-refractivity contribution in [3.63, 3.8) is 0 Å². The number of aromatic nitrogens is 2. The molecule has 1 aliphatic carbocycles. The molecule has 1 amide bonds. The lowest BCUT2D eigenvalue weighted by molar-refractivity contribution is 0.0921. The van der Waals surface area contributed by atoms with E-state index in [4.69, 9.17) is 9.15 Å². The number of ether oxygens (including phenoxy) is 1. The lowest BCUT2D eigenvalue weighted by Gasteiger charge is -2.07. The molecule has 1 aliphatic rings. The molecule has 0 bridgehead atoms. The van der Waals surface area contributed by atoms with Crippen molar-refractivity contribution in [2.24, 2.45) is 0 Å². The van der Waals surface area contributed by atoms with Gasteiger partial charge in [0.05, 0.1) is 10.2 Å². The Morgan fingerprint density at radius 1 is 1.28 bits per heavy atom. The normalized spacial score (nSPS) is 12.8. The van der Waals surface area contributed by atoms with E-state index < -0.39 is 0 Å². The van der Waals surface area contributed by atoms with Crippen molar-refractivity contribution in [1.29, 1.82) is 0 Å². The number of aryl methyl sites for hydroxylation is 4. The van der Waals surface area contributed by atoms with Gasteiger partial charge in [-0.3, -0.25) is 9.48 Å². The second-order valence-corrected chi connectivity index (χ2v) is 8.13. The summed E-state index contributed by atoms with van der Waals surface area (Å²) in [4.78, 5) is 12.3. The number of nitrogens with zero attached hydrogens (tertiary/aromatic N) is 2. The number of carbonyl (C=O) groups is 1. The van der Waals surface area contributed by atoms with Crippen LogP contribution in [0.4, 0.5) is 0 Å². The first-order chi connectivity index (χ1) is 14.1. The predicted molar refractivity (Wildman–Crippen MR) is 113 cm³/mol. The largest absolute Gasteiger partial charge is 0.486 e. The second kappa shape index (κ2) is 8.86. The molecule has 152 valence electrons. The fraction of sp³-hybridized carbons (Fsp3) is 0.364. The van der Waals surface area contributed by atoms with Gasteiger partial charge in [0.2, 0.25) is 0 Å². The number of hydrogen-bond acceptors (Lipinski definition) is 4. The van der Waals surface area contributed by atoms with E-state index >= 15 is 0 Å². The van der Waals surface area contributed by atoms with Crippen molar-refractivity contribution in [1.82, 2.24) is 15.1 Å². The number of hydrogen-bond donors (Lipinski definition) is 1. The van der Waals surface area contributed by atoms with E-state index in [0.29, 0.717) is 24.7 Å². The maximum absolute atomic E-state index is 12.3. The lowest BCUT2D eigenvalue weighted by Crippen LogP contribution is -2.24. The monoisotopic (exact) mass is 457 g/mol. The number of amides is 1. The third kappa shape index (κ3) is 4.90. The summed E-state index contributed by atoms with van der Waals surface area (Å²) < 4.78 is 14.3. The van der Waals surface area contributed by atoms with Gasteiger partial charge in [-0.2, -0.15) is 5.10 Å². The van der Waals surface area contributed by atoms with Crippen LogP contribution in [-0.4, -0.2) is 22.2 Å². The van der Waals surface area contributed by atoms with Crippen molar-refractivity contribution in [3.8, 4) is 5.75 Å². The first-order valence-corrected chi connectivity index (χ1v) is 10.7. The number of carbonyl (C=O) groups excluding carboxylic acids is 1. The predicted octanol–water partition coefficient (Wildman–Crippen LogP) is 4.43. The summed E-state index contributed by atoms with van der Waals surface area (Å²) in [6.07, 6.45) is 6.22. The van der Waals surface area contributed by atoms with Gasteiger partial charge in [-0.25, -0.2) is 0 Å². The Morgan fingerprint density at radius 2 is 2.14 bits per heavy atom. The van der Waals surface area contributed by atoms with E-state index in [1.807, 2.05) is 23.9 Å². The van der Waals surface area contributed by atoms with Gasteiger partial charge in [0.15, 0.2) is 5.76 Å². The average molecular weight is 458 g/mol. The summed E-state index contributed by atoms with van der Waals surface area (Å²) in [6.45, 7) is 3.55. The Labute approximate surface area is 178 Å². The van der Waals surface area contributed by atoms with Crippen LogP contribution in [0.1, 0.15) is 46.0 Å². The summed E-state index contributed by atoms with van der Waals surface area (Å²) in [5.74, 6) is 1.56. The third-order valence-corrected chi connectivity index (χ3v) is 5.85. The van der Waals surface area contributed by atoms with Crippen LogP contribution in [0.2, 0.25) is 0 Å². The van der Waals surface area contributed by atoms with Gasteiger partial charge in [-0.15, -0.1) is 0 Å². The molecule has 0 unspecified atom stereocenters. The van der Waals surface area contributed by atoms with Gasteiger partial charge in [0.1, 0.15) is 18.1 Å². The molecule has 7 heteroatoms. The Kier molecular flexibility index (Phi) is 6.04. The van der Waals surface area contributed by atoms with Crippen LogP contribution in [0, 0.1) is 6.92 Å². The Morgan fingerprint density at radius 3 is 2.97 bits per heavy atom. The van der Waals surface area contributed by atoms with Crippen LogP contribution in [0.5, 0.6) is 5.75 Å². The molecule has 1 N–H and O–H groups in total. The number of benzene rings is 1. The van der Waals surface area contributed by atoms with E-state index in [1.54, 1.807) is 12.1 Å². The van der Waals surface area contributed by atoms with Crippen LogP contribution in [-0.2, 0) is 26.0 Å². The van der Waals surface area contributed by atoms with Gasteiger partial charge in [-0.05, 0) is 83.9 Å². The highest BCUT2D eigenvalue weighted by Crippen LogP contribution is 2.26. The number of furan rings is 1. The quantitative estimate of drug-likeness (QED) is 0.507. The first kappa shape index (κ1) is 19.8. The molecule has 2 aromatic heterocycles. The van der Waals surface area contributed by atoms with E-state index in [2.05, 4.69) is 38.5 Å². The molecule has 4 rings (SSSR count). The lowest BCUT2D eigenvalue weighted by atomic mass is 10.1. The fourth-order valence-corrected chi connectivity index (χ4v) is 3.82. The maximum atomic E-state index is 12.3. The van der Waals surface area contributed by atoms with Gasteiger partial charge in [-0.1, -0.05) is 6.07 Å². The molecule has 0 fully saturated rings. The topological polar surface area (TPSA) is 69.3 Å². The van der Waals surface area contributed by atoms with Gasteiger partial charge < -0.3 is 14.5 Å². The molecule has 0 radical (unpaired) electrons. The minimum Gasteiger partial charge on any atom is -0.486 e. The molecule has 0 spiro atoms. The van der Waals surface area contributed by atoms with E-state index in [0.717, 1.165) is 41.7 Å². The molecule has 2 heterocycles. The van der Waals surface area contributed by atoms with Crippen LogP contribution < -0.4 is 10.1 Å². The van der Waals surface area contributed by atoms with E-state index in [9.17, 15) is 4.79 Å². The number of nitrogens with one attached hydrogen (secondary N) is 1. The molecule has 0 saturated heterocycles.